The fourth-order valence-corrected chi connectivity index (χ4v) is 3.18. The summed E-state index contributed by atoms with van der Waals surface area (Å²) in [4.78, 5) is 0. The number of unbranched alkanes of at least 4 members (excludes halogenated alkanes) is 6. The first-order valence-electron chi connectivity index (χ1n) is 9.15. The summed E-state index contributed by atoms with van der Waals surface area (Å²) in [7, 11) is 0. The van der Waals surface area contributed by atoms with Crippen LogP contribution in [0.15, 0.2) is 0 Å². The molecule has 0 aromatic carbocycles. The molecule has 0 aromatic rings. The van der Waals surface area contributed by atoms with Crippen LogP contribution in [-0.2, 0) is 4.74 Å². The first kappa shape index (κ1) is 18.0. The van der Waals surface area contributed by atoms with E-state index in [-0.39, 0.29) is 0 Å². The summed E-state index contributed by atoms with van der Waals surface area (Å²) in [6, 6.07) is 0. The molecule has 0 bridgehead atoms. The molecule has 0 radical (unpaired) electrons. The molecular formula is C19H38O. The van der Waals surface area contributed by atoms with Gasteiger partial charge >= 0.3 is 0 Å². The van der Waals surface area contributed by atoms with Gasteiger partial charge in [-0.3, -0.25) is 0 Å². The van der Waals surface area contributed by atoms with E-state index in [0.717, 1.165) is 12.5 Å². The standard InChI is InChI=1S/C19H38O/c1-5-6-7-8-9-10-13-17(19(2,3)4)14-11-12-15-18-16-20-18/h17-18H,5-16H2,1-4H3. The molecule has 0 aromatic heterocycles. The molecule has 1 fully saturated rings. The highest BCUT2D eigenvalue weighted by atomic mass is 16.6. The molecule has 20 heavy (non-hydrogen) atoms. The monoisotopic (exact) mass is 282 g/mol. The second kappa shape index (κ2) is 9.82. The Morgan fingerprint density at radius 1 is 0.900 bits per heavy atom. The van der Waals surface area contributed by atoms with Crippen molar-refractivity contribution in [3.05, 3.63) is 0 Å². The van der Waals surface area contributed by atoms with Crippen molar-refractivity contribution in [3.63, 3.8) is 0 Å². The summed E-state index contributed by atoms with van der Waals surface area (Å²) in [5.41, 5.74) is 0.486. The van der Waals surface area contributed by atoms with Crippen molar-refractivity contribution in [2.24, 2.45) is 11.3 Å². The average Bonchev–Trinajstić information content (AvgIpc) is 3.18. The van der Waals surface area contributed by atoms with Gasteiger partial charge in [-0.15, -0.1) is 0 Å². The molecule has 1 nitrogen and oxygen atoms in total. The van der Waals surface area contributed by atoms with E-state index in [4.69, 9.17) is 4.74 Å². The molecular weight excluding hydrogens is 244 g/mol. The highest BCUT2D eigenvalue weighted by Crippen LogP contribution is 2.35. The van der Waals surface area contributed by atoms with E-state index in [0.29, 0.717) is 11.5 Å². The predicted molar refractivity (Wildman–Crippen MR) is 89.1 cm³/mol. The highest BCUT2D eigenvalue weighted by Gasteiger charge is 2.25. The summed E-state index contributed by atoms with van der Waals surface area (Å²) < 4.78 is 5.29. The molecule has 1 saturated heterocycles. The second-order valence-electron chi connectivity index (χ2n) is 7.86. The molecule has 1 aliphatic heterocycles. The summed E-state index contributed by atoms with van der Waals surface area (Å²) in [6.07, 6.45) is 16.1. The highest BCUT2D eigenvalue weighted by molar-refractivity contribution is 4.75. The number of hydrogen-bond donors (Lipinski definition) is 0. The summed E-state index contributed by atoms with van der Waals surface area (Å²) in [5, 5.41) is 0. The van der Waals surface area contributed by atoms with E-state index in [1.165, 1.54) is 70.6 Å². The Balaban J connectivity index is 2.08. The van der Waals surface area contributed by atoms with Crippen LogP contribution in [0, 0.1) is 11.3 Å². The van der Waals surface area contributed by atoms with Crippen LogP contribution in [0.5, 0.6) is 0 Å². The lowest BCUT2D eigenvalue weighted by Gasteiger charge is -2.31. The van der Waals surface area contributed by atoms with Crippen LogP contribution in [0.1, 0.15) is 98.3 Å². The largest absolute Gasteiger partial charge is 0.373 e. The van der Waals surface area contributed by atoms with Crippen molar-refractivity contribution in [1.82, 2.24) is 0 Å². The lowest BCUT2D eigenvalue weighted by atomic mass is 9.75. The van der Waals surface area contributed by atoms with Crippen LogP contribution in [-0.4, -0.2) is 12.7 Å². The molecule has 2 unspecified atom stereocenters. The lowest BCUT2D eigenvalue weighted by Crippen LogP contribution is -2.20. The number of rotatable bonds is 12. The van der Waals surface area contributed by atoms with E-state index in [2.05, 4.69) is 27.7 Å². The number of epoxide rings is 1. The van der Waals surface area contributed by atoms with Gasteiger partial charge in [-0.05, 0) is 30.6 Å². The molecule has 0 aliphatic carbocycles. The van der Waals surface area contributed by atoms with Gasteiger partial charge in [0, 0.05) is 0 Å². The van der Waals surface area contributed by atoms with E-state index in [1.54, 1.807) is 0 Å². The van der Waals surface area contributed by atoms with Gasteiger partial charge in [-0.1, -0.05) is 79.1 Å². The minimum absolute atomic E-state index is 0.486. The van der Waals surface area contributed by atoms with Crippen LogP contribution in [0.4, 0.5) is 0 Å². The Bertz CT molecular complexity index is 224. The average molecular weight is 283 g/mol. The van der Waals surface area contributed by atoms with Crippen LogP contribution in [0.25, 0.3) is 0 Å². The zero-order valence-corrected chi connectivity index (χ0v) is 14.5. The maximum atomic E-state index is 5.29. The third-order valence-corrected chi connectivity index (χ3v) is 4.86. The molecule has 1 aliphatic rings. The van der Waals surface area contributed by atoms with Gasteiger partial charge in [0.2, 0.25) is 0 Å². The van der Waals surface area contributed by atoms with Gasteiger partial charge < -0.3 is 4.74 Å². The minimum Gasteiger partial charge on any atom is -0.373 e. The maximum absolute atomic E-state index is 5.29. The van der Waals surface area contributed by atoms with E-state index in [9.17, 15) is 0 Å². The fourth-order valence-electron chi connectivity index (χ4n) is 3.18. The molecule has 2 atom stereocenters. The Hall–Kier alpha value is -0.0400. The third kappa shape index (κ3) is 9.00. The van der Waals surface area contributed by atoms with Gasteiger partial charge in [-0.2, -0.15) is 0 Å². The normalized spacial score (nSPS) is 20.1. The van der Waals surface area contributed by atoms with Crippen LogP contribution in [0.3, 0.4) is 0 Å². The maximum Gasteiger partial charge on any atom is 0.0810 e. The zero-order valence-electron chi connectivity index (χ0n) is 14.5. The first-order chi connectivity index (χ1) is 9.54. The van der Waals surface area contributed by atoms with E-state index in [1.807, 2.05) is 0 Å². The van der Waals surface area contributed by atoms with Crippen molar-refractivity contribution >= 4 is 0 Å². The topological polar surface area (TPSA) is 12.5 Å². The molecule has 0 saturated carbocycles. The van der Waals surface area contributed by atoms with Crippen molar-refractivity contribution in [2.75, 3.05) is 6.61 Å². The fraction of sp³-hybridized carbons (Fsp3) is 1.00. The minimum atomic E-state index is 0.486. The van der Waals surface area contributed by atoms with Crippen molar-refractivity contribution < 1.29 is 4.74 Å². The first-order valence-corrected chi connectivity index (χ1v) is 9.15. The zero-order chi connectivity index (χ0) is 14.8. The number of ether oxygens (including phenoxy) is 1. The molecule has 1 heterocycles. The Morgan fingerprint density at radius 2 is 1.45 bits per heavy atom. The van der Waals surface area contributed by atoms with Gasteiger partial charge in [-0.25, -0.2) is 0 Å². The summed E-state index contributed by atoms with van der Waals surface area (Å²) >= 11 is 0. The van der Waals surface area contributed by atoms with Gasteiger partial charge in [0.05, 0.1) is 12.7 Å². The molecule has 120 valence electrons. The lowest BCUT2D eigenvalue weighted by molar-refractivity contribution is 0.200. The van der Waals surface area contributed by atoms with Crippen molar-refractivity contribution in [2.45, 2.75) is 104 Å². The molecule has 0 amide bonds. The summed E-state index contributed by atoms with van der Waals surface area (Å²) in [6.45, 7) is 10.6. The Kier molecular flexibility index (Phi) is 8.84. The van der Waals surface area contributed by atoms with Gasteiger partial charge in [0.15, 0.2) is 0 Å². The quantitative estimate of drug-likeness (QED) is 0.300. The Labute approximate surface area is 127 Å². The smallest absolute Gasteiger partial charge is 0.0810 e. The van der Waals surface area contributed by atoms with E-state index < -0.39 is 0 Å². The van der Waals surface area contributed by atoms with Crippen LogP contribution >= 0.6 is 0 Å². The Morgan fingerprint density at radius 3 is 2.00 bits per heavy atom. The predicted octanol–water partition coefficient (Wildman–Crippen LogP) is 6.36. The van der Waals surface area contributed by atoms with Crippen molar-refractivity contribution in [1.29, 1.82) is 0 Å². The second-order valence-corrected chi connectivity index (χ2v) is 7.86. The molecule has 0 N–H and O–H groups in total. The molecule has 1 heteroatoms. The SMILES string of the molecule is CCCCCCCCC(CCCCC1CO1)C(C)(C)C. The van der Waals surface area contributed by atoms with Crippen LogP contribution in [0.2, 0.25) is 0 Å². The molecule has 1 rings (SSSR count). The number of hydrogen-bond acceptors (Lipinski definition) is 1. The van der Waals surface area contributed by atoms with Gasteiger partial charge in [0.25, 0.3) is 0 Å². The third-order valence-electron chi connectivity index (χ3n) is 4.86. The summed E-state index contributed by atoms with van der Waals surface area (Å²) in [5.74, 6) is 0.911. The molecule has 0 spiro atoms. The van der Waals surface area contributed by atoms with Crippen molar-refractivity contribution in [3.8, 4) is 0 Å². The van der Waals surface area contributed by atoms with Crippen LogP contribution < -0.4 is 0 Å². The van der Waals surface area contributed by atoms with E-state index >= 15 is 0 Å². The van der Waals surface area contributed by atoms with Gasteiger partial charge in [0.1, 0.15) is 0 Å².